The normalized spacial score (nSPS) is 13.1. The quantitative estimate of drug-likeness (QED) is 0.691. The summed E-state index contributed by atoms with van der Waals surface area (Å²) in [4.78, 5) is 0. The summed E-state index contributed by atoms with van der Waals surface area (Å²) < 4.78 is 26.7. The number of hydrogen-bond donors (Lipinski definition) is 0. The van der Waals surface area contributed by atoms with E-state index in [-0.39, 0.29) is 6.04 Å². The van der Waals surface area contributed by atoms with Crippen molar-refractivity contribution >= 4 is 26.1 Å². The van der Waals surface area contributed by atoms with Crippen LogP contribution in [0.2, 0.25) is 0 Å². The zero-order valence-electron chi connectivity index (χ0n) is 9.20. The maximum Gasteiger partial charge on any atom is 0.281 e. The monoisotopic (exact) mass is 286 g/mol. The molecule has 0 spiro atoms. The van der Waals surface area contributed by atoms with Crippen LogP contribution in [-0.2, 0) is 10.2 Å². The second-order valence-electron chi connectivity index (χ2n) is 3.30. The molecule has 0 unspecified atom stereocenters. The standard InChI is InChI=1S/C8H19BrN2O2S/c1-5-11(7-6-9)14(12,13)10(4)8(2)3/h8H,5-7H2,1-4H3. The summed E-state index contributed by atoms with van der Waals surface area (Å²) in [6.45, 7) is 6.58. The highest BCUT2D eigenvalue weighted by atomic mass is 79.9. The van der Waals surface area contributed by atoms with Crippen molar-refractivity contribution in [3.8, 4) is 0 Å². The van der Waals surface area contributed by atoms with Crippen LogP contribution in [0.15, 0.2) is 0 Å². The number of rotatable bonds is 6. The Labute approximate surface area is 95.6 Å². The highest BCUT2D eigenvalue weighted by Crippen LogP contribution is 2.09. The van der Waals surface area contributed by atoms with E-state index in [1.807, 2.05) is 20.8 Å². The van der Waals surface area contributed by atoms with Gasteiger partial charge < -0.3 is 0 Å². The maximum absolute atomic E-state index is 11.9. The lowest BCUT2D eigenvalue weighted by atomic mass is 10.4. The molecule has 0 aliphatic heterocycles. The van der Waals surface area contributed by atoms with Crippen molar-refractivity contribution in [1.82, 2.24) is 8.61 Å². The molecule has 0 aromatic heterocycles. The molecular formula is C8H19BrN2O2S. The van der Waals surface area contributed by atoms with Crippen molar-refractivity contribution < 1.29 is 8.42 Å². The van der Waals surface area contributed by atoms with Gasteiger partial charge in [0.25, 0.3) is 10.2 Å². The van der Waals surface area contributed by atoms with Crippen molar-refractivity contribution in [2.24, 2.45) is 0 Å². The van der Waals surface area contributed by atoms with Crippen LogP contribution in [-0.4, -0.2) is 48.5 Å². The number of nitrogens with zero attached hydrogens (tertiary/aromatic N) is 2. The summed E-state index contributed by atoms with van der Waals surface area (Å²) in [6.07, 6.45) is 0. The minimum Gasteiger partial charge on any atom is -0.195 e. The molecule has 0 amide bonds. The Hall–Kier alpha value is 0.350. The third-order valence-corrected chi connectivity index (χ3v) is 4.70. The first-order chi connectivity index (χ1) is 6.37. The van der Waals surface area contributed by atoms with Gasteiger partial charge in [0.05, 0.1) is 0 Å². The van der Waals surface area contributed by atoms with Gasteiger partial charge in [-0.05, 0) is 13.8 Å². The van der Waals surface area contributed by atoms with E-state index < -0.39 is 10.2 Å². The Morgan fingerprint density at radius 3 is 2.14 bits per heavy atom. The van der Waals surface area contributed by atoms with Gasteiger partial charge in [0.2, 0.25) is 0 Å². The van der Waals surface area contributed by atoms with Gasteiger partial charge >= 0.3 is 0 Å². The molecule has 4 nitrogen and oxygen atoms in total. The van der Waals surface area contributed by atoms with E-state index in [1.54, 1.807) is 7.05 Å². The molecule has 0 aromatic rings. The van der Waals surface area contributed by atoms with Gasteiger partial charge in [-0.1, -0.05) is 22.9 Å². The van der Waals surface area contributed by atoms with Gasteiger partial charge in [0.15, 0.2) is 0 Å². The average molecular weight is 287 g/mol. The van der Waals surface area contributed by atoms with Crippen LogP contribution >= 0.6 is 15.9 Å². The lowest BCUT2D eigenvalue weighted by Gasteiger charge is -2.28. The molecule has 0 fully saturated rings. The lowest BCUT2D eigenvalue weighted by molar-refractivity contribution is 0.349. The molecule has 0 bridgehead atoms. The minimum atomic E-state index is -3.28. The second kappa shape index (κ2) is 6.05. The largest absolute Gasteiger partial charge is 0.281 e. The van der Waals surface area contributed by atoms with Crippen molar-refractivity contribution in [2.75, 3.05) is 25.5 Å². The maximum atomic E-state index is 11.9. The summed E-state index contributed by atoms with van der Waals surface area (Å²) in [5, 5.41) is 0.659. The van der Waals surface area contributed by atoms with E-state index in [0.717, 1.165) is 0 Å². The molecule has 0 N–H and O–H groups in total. The first-order valence-electron chi connectivity index (χ1n) is 4.67. The third kappa shape index (κ3) is 3.49. The number of alkyl halides is 1. The van der Waals surface area contributed by atoms with E-state index in [2.05, 4.69) is 15.9 Å². The van der Waals surface area contributed by atoms with E-state index in [0.29, 0.717) is 18.4 Å². The molecule has 0 aliphatic rings. The first-order valence-corrected chi connectivity index (χ1v) is 7.18. The lowest BCUT2D eigenvalue weighted by Crippen LogP contribution is -2.45. The van der Waals surface area contributed by atoms with Crippen LogP contribution in [0.1, 0.15) is 20.8 Å². The smallest absolute Gasteiger partial charge is 0.195 e. The third-order valence-electron chi connectivity index (χ3n) is 2.10. The summed E-state index contributed by atoms with van der Waals surface area (Å²) >= 11 is 3.24. The molecule has 0 radical (unpaired) electrons. The summed E-state index contributed by atoms with van der Waals surface area (Å²) in [5.41, 5.74) is 0. The highest BCUT2D eigenvalue weighted by molar-refractivity contribution is 9.09. The van der Waals surface area contributed by atoms with Crippen LogP contribution in [0.4, 0.5) is 0 Å². The predicted molar refractivity (Wildman–Crippen MR) is 62.9 cm³/mol. The Morgan fingerprint density at radius 1 is 1.36 bits per heavy atom. The average Bonchev–Trinajstić information content (AvgIpc) is 2.12. The van der Waals surface area contributed by atoms with Crippen molar-refractivity contribution in [2.45, 2.75) is 26.8 Å². The van der Waals surface area contributed by atoms with Crippen LogP contribution < -0.4 is 0 Å². The van der Waals surface area contributed by atoms with E-state index in [1.165, 1.54) is 8.61 Å². The molecule has 0 saturated heterocycles. The molecular weight excluding hydrogens is 268 g/mol. The number of halogens is 1. The summed E-state index contributed by atoms with van der Waals surface area (Å²) in [7, 11) is -1.67. The van der Waals surface area contributed by atoms with E-state index in [9.17, 15) is 8.42 Å². The van der Waals surface area contributed by atoms with Crippen molar-refractivity contribution in [3.05, 3.63) is 0 Å². The fourth-order valence-electron chi connectivity index (χ4n) is 0.979. The summed E-state index contributed by atoms with van der Waals surface area (Å²) in [5.74, 6) is 0. The van der Waals surface area contributed by atoms with Gasteiger partial charge in [-0.3, -0.25) is 0 Å². The second-order valence-corrected chi connectivity index (χ2v) is 6.08. The van der Waals surface area contributed by atoms with Crippen molar-refractivity contribution in [1.29, 1.82) is 0 Å². The van der Waals surface area contributed by atoms with Crippen LogP contribution in [0.5, 0.6) is 0 Å². The topological polar surface area (TPSA) is 40.6 Å². The molecule has 0 atom stereocenters. The van der Waals surface area contributed by atoms with Crippen LogP contribution in [0.25, 0.3) is 0 Å². The molecule has 0 aromatic carbocycles. The molecule has 0 heterocycles. The predicted octanol–water partition coefficient (Wildman–Crippen LogP) is 1.29. The van der Waals surface area contributed by atoms with E-state index >= 15 is 0 Å². The minimum absolute atomic E-state index is 0.00984. The highest BCUT2D eigenvalue weighted by Gasteiger charge is 2.26. The fourth-order valence-corrected chi connectivity index (χ4v) is 3.19. The first kappa shape index (κ1) is 14.3. The fraction of sp³-hybridized carbons (Fsp3) is 1.00. The Balaban J connectivity index is 4.73. The molecule has 0 rings (SSSR count). The zero-order chi connectivity index (χ0) is 11.4. The van der Waals surface area contributed by atoms with Gasteiger partial charge in [-0.2, -0.15) is 17.0 Å². The number of hydrogen-bond acceptors (Lipinski definition) is 2. The van der Waals surface area contributed by atoms with Crippen LogP contribution in [0, 0.1) is 0 Å². The Morgan fingerprint density at radius 2 is 1.86 bits per heavy atom. The summed E-state index contributed by atoms with van der Waals surface area (Å²) in [6, 6.07) is -0.00984. The van der Waals surface area contributed by atoms with Crippen LogP contribution in [0.3, 0.4) is 0 Å². The van der Waals surface area contributed by atoms with Gasteiger partial charge in [-0.25, -0.2) is 0 Å². The molecule has 6 heteroatoms. The van der Waals surface area contributed by atoms with Crippen molar-refractivity contribution in [3.63, 3.8) is 0 Å². The van der Waals surface area contributed by atoms with E-state index in [4.69, 9.17) is 0 Å². The SMILES string of the molecule is CCN(CCBr)S(=O)(=O)N(C)C(C)C. The zero-order valence-corrected chi connectivity index (χ0v) is 11.6. The van der Waals surface area contributed by atoms with Gasteiger partial charge in [-0.15, -0.1) is 0 Å². The molecule has 14 heavy (non-hydrogen) atoms. The molecule has 0 aliphatic carbocycles. The Bertz CT molecular complexity index is 254. The molecule has 0 saturated carbocycles. The van der Waals surface area contributed by atoms with Gasteiger partial charge in [0.1, 0.15) is 0 Å². The Kier molecular flexibility index (Phi) is 6.20. The van der Waals surface area contributed by atoms with Gasteiger partial charge in [0, 0.05) is 31.5 Å². The molecule has 86 valence electrons.